The van der Waals surface area contributed by atoms with Crippen LogP contribution in [0.5, 0.6) is 0 Å². The van der Waals surface area contributed by atoms with Crippen molar-refractivity contribution in [3.8, 4) is 0 Å². The predicted molar refractivity (Wildman–Crippen MR) is 83.9 cm³/mol. The highest BCUT2D eigenvalue weighted by atomic mass is 16.1. The van der Waals surface area contributed by atoms with E-state index in [9.17, 15) is 4.79 Å². The number of rotatable bonds is 5. The fraction of sp³-hybridized carbons (Fsp3) is 0.562. The van der Waals surface area contributed by atoms with Crippen molar-refractivity contribution in [2.45, 2.75) is 18.4 Å². The Morgan fingerprint density at radius 2 is 1.76 bits per heavy atom. The summed E-state index contributed by atoms with van der Waals surface area (Å²) in [5.74, 6) is -0.0716. The molecule has 1 saturated carbocycles. The lowest BCUT2D eigenvalue weighted by molar-refractivity contribution is -0.124. The van der Waals surface area contributed by atoms with Crippen molar-refractivity contribution in [2.24, 2.45) is 17.4 Å². The molecular formula is C16H24N4O. The second-order valence-corrected chi connectivity index (χ2v) is 6.28. The summed E-state index contributed by atoms with van der Waals surface area (Å²) in [5.41, 5.74) is 12.3. The molecule has 3 rings (SSSR count). The van der Waals surface area contributed by atoms with Gasteiger partial charge in [0.05, 0.1) is 0 Å². The number of nitrogens with zero attached hydrogens (tertiary/aromatic N) is 2. The summed E-state index contributed by atoms with van der Waals surface area (Å²) in [4.78, 5) is 16.4. The van der Waals surface area contributed by atoms with Crippen LogP contribution in [-0.2, 0) is 4.79 Å². The van der Waals surface area contributed by atoms with Gasteiger partial charge in [0.15, 0.2) is 0 Å². The second kappa shape index (κ2) is 5.66. The van der Waals surface area contributed by atoms with Gasteiger partial charge in [-0.05, 0) is 30.9 Å². The van der Waals surface area contributed by atoms with Crippen molar-refractivity contribution in [3.05, 3.63) is 30.3 Å². The largest absolute Gasteiger partial charge is 0.369 e. The summed E-state index contributed by atoms with van der Waals surface area (Å²) >= 11 is 0. The minimum Gasteiger partial charge on any atom is -0.369 e. The molecule has 0 spiro atoms. The number of amides is 1. The third kappa shape index (κ3) is 3.04. The highest BCUT2D eigenvalue weighted by molar-refractivity contribution is 5.85. The van der Waals surface area contributed by atoms with Crippen LogP contribution in [0.15, 0.2) is 30.3 Å². The van der Waals surface area contributed by atoms with Crippen molar-refractivity contribution in [2.75, 3.05) is 37.6 Å². The maximum absolute atomic E-state index is 11.7. The minimum atomic E-state index is -0.838. The van der Waals surface area contributed by atoms with Crippen LogP contribution < -0.4 is 16.4 Å². The Morgan fingerprint density at radius 3 is 2.29 bits per heavy atom. The molecule has 4 N–H and O–H groups in total. The van der Waals surface area contributed by atoms with Crippen LogP contribution in [0.3, 0.4) is 0 Å². The average Bonchev–Trinajstić information content (AvgIpc) is 3.34. The van der Waals surface area contributed by atoms with E-state index in [4.69, 9.17) is 11.5 Å². The van der Waals surface area contributed by atoms with E-state index in [-0.39, 0.29) is 11.8 Å². The molecule has 0 bridgehead atoms. The third-order valence-corrected chi connectivity index (χ3v) is 4.74. The number of nitrogens with two attached hydrogens (primary N) is 2. The van der Waals surface area contributed by atoms with Crippen molar-refractivity contribution in [1.29, 1.82) is 0 Å². The fourth-order valence-corrected chi connectivity index (χ4v) is 3.18. The monoisotopic (exact) mass is 288 g/mol. The average molecular weight is 288 g/mol. The summed E-state index contributed by atoms with van der Waals surface area (Å²) in [6, 6.07) is 10.4. The summed E-state index contributed by atoms with van der Waals surface area (Å²) < 4.78 is 0. The second-order valence-electron chi connectivity index (χ2n) is 6.28. The molecular weight excluding hydrogens is 264 g/mol. The number of anilines is 1. The van der Waals surface area contributed by atoms with Gasteiger partial charge in [-0.25, -0.2) is 0 Å². The van der Waals surface area contributed by atoms with Crippen molar-refractivity contribution < 1.29 is 4.79 Å². The van der Waals surface area contributed by atoms with Gasteiger partial charge >= 0.3 is 0 Å². The zero-order chi connectivity index (χ0) is 14.9. The Balaban J connectivity index is 1.57. The van der Waals surface area contributed by atoms with Gasteiger partial charge < -0.3 is 16.4 Å². The van der Waals surface area contributed by atoms with E-state index in [1.807, 2.05) is 6.07 Å². The Hall–Kier alpha value is -1.59. The normalized spacial score (nSPS) is 22.8. The quantitative estimate of drug-likeness (QED) is 0.822. The van der Waals surface area contributed by atoms with Gasteiger partial charge in [-0.2, -0.15) is 0 Å². The summed E-state index contributed by atoms with van der Waals surface area (Å²) in [7, 11) is 0. The van der Waals surface area contributed by atoms with Gasteiger partial charge in [0, 0.05) is 38.4 Å². The van der Waals surface area contributed by atoms with Crippen LogP contribution in [0.4, 0.5) is 5.69 Å². The molecule has 2 aliphatic rings. The topological polar surface area (TPSA) is 75.6 Å². The van der Waals surface area contributed by atoms with Crippen molar-refractivity contribution in [1.82, 2.24) is 4.90 Å². The number of hydrogen-bond donors (Lipinski definition) is 2. The number of para-hydroxylation sites is 1. The number of piperazine rings is 1. The molecule has 0 radical (unpaired) electrons. The van der Waals surface area contributed by atoms with Crippen molar-refractivity contribution in [3.63, 3.8) is 0 Å². The fourth-order valence-electron chi connectivity index (χ4n) is 3.18. The van der Waals surface area contributed by atoms with Gasteiger partial charge in [-0.15, -0.1) is 0 Å². The van der Waals surface area contributed by atoms with E-state index in [1.165, 1.54) is 5.69 Å². The lowest BCUT2D eigenvalue weighted by Crippen LogP contribution is -2.62. The first-order valence-corrected chi connectivity index (χ1v) is 7.71. The standard InChI is InChI=1S/C16H24N4O/c17-15(21)16(18,13-6-7-13)12-19-8-10-20(11-9-19)14-4-2-1-3-5-14/h1-5,13H,6-12,18H2,(H2,17,21). The molecule has 5 heteroatoms. The molecule has 2 fully saturated rings. The molecule has 1 amide bonds. The van der Waals surface area contributed by atoms with Gasteiger partial charge in [-0.3, -0.25) is 9.69 Å². The first-order chi connectivity index (χ1) is 10.1. The van der Waals surface area contributed by atoms with Gasteiger partial charge in [-0.1, -0.05) is 18.2 Å². The predicted octanol–water partition coefficient (Wildman–Crippen LogP) is 0.401. The van der Waals surface area contributed by atoms with Gasteiger partial charge in [0.1, 0.15) is 5.54 Å². The van der Waals surface area contributed by atoms with Crippen LogP contribution in [0.25, 0.3) is 0 Å². The van der Waals surface area contributed by atoms with E-state index in [0.717, 1.165) is 39.0 Å². The van der Waals surface area contributed by atoms with Crippen LogP contribution in [-0.4, -0.2) is 49.1 Å². The molecule has 114 valence electrons. The Bertz CT molecular complexity index is 494. The molecule has 1 saturated heterocycles. The molecule has 1 aromatic carbocycles. The minimum absolute atomic E-state index is 0.280. The van der Waals surface area contributed by atoms with E-state index in [1.54, 1.807) is 0 Å². The molecule has 21 heavy (non-hydrogen) atoms. The number of benzene rings is 1. The molecule has 1 unspecified atom stereocenters. The lowest BCUT2D eigenvalue weighted by atomic mass is 9.92. The van der Waals surface area contributed by atoms with Crippen LogP contribution in [0, 0.1) is 5.92 Å². The molecule has 0 aromatic heterocycles. The SMILES string of the molecule is NC(=O)C(N)(CN1CCN(c2ccccc2)CC1)C1CC1. The highest BCUT2D eigenvalue weighted by Gasteiger charge is 2.47. The first-order valence-electron chi connectivity index (χ1n) is 7.71. The molecule has 1 aliphatic carbocycles. The third-order valence-electron chi connectivity index (χ3n) is 4.74. The first kappa shape index (κ1) is 14.4. The van der Waals surface area contributed by atoms with Crippen LogP contribution in [0.1, 0.15) is 12.8 Å². The summed E-state index contributed by atoms with van der Waals surface area (Å²) in [5, 5.41) is 0. The van der Waals surface area contributed by atoms with Crippen LogP contribution in [0.2, 0.25) is 0 Å². The van der Waals surface area contributed by atoms with Crippen LogP contribution >= 0.6 is 0 Å². The molecule has 1 aliphatic heterocycles. The van der Waals surface area contributed by atoms with Crippen molar-refractivity contribution >= 4 is 11.6 Å². The summed E-state index contributed by atoms with van der Waals surface area (Å²) in [6.45, 7) is 4.37. The Kier molecular flexibility index (Phi) is 3.87. The maximum atomic E-state index is 11.7. The van der Waals surface area contributed by atoms with E-state index >= 15 is 0 Å². The number of hydrogen-bond acceptors (Lipinski definition) is 4. The molecule has 5 nitrogen and oxygen atoms in total. The van der Waals surface area contributed by atoms with E-state index < -0.39 is 5.54 Å². The zero-order valence-electron chi connectivity index (χ0n) is 12.4. The van der Waals surface area contributed by atoms with Gasteiger partial charge in [0.2, 0.25) is 5.91 Å². The maximum Gasteiger partial charge on any atom is 0.239 e. The molecule has 1 aromatic rings. The number of carbonyl (C=O) groups is 1. The number of primary amides is 1. The molecule has 1 heterocycles. The Labute approximate surface area is 125 Å². The van der Waals surface area contributed by atoms with E-state index in [0.29, 0.717) is 6.54 Å². The lowest BCUT2D eigenvalue weighted by Gasteiger charge is -2.40. The smallest absolute Gasteiger partial charge is 0.239 e. The summed E-state index contributed by atoms with van der Waals surface area (Å²) in [6.07, 6.45) is 2.06. The number of carbonyl (C=O) groups excluding carboxylic acids is 1. The van der Waals surface area contributed by atoms with E-state index in [2.05, 4.69) is 34.1 Å². The van der Waals surface area contributed by atoms with Gasteiger partial charge in [0.25, 0.3) is 0 Å². The zero-order valence-corrected chi connectivity index (χ0v) is 12.4. The highest BCUT2D eigenvalue weighted by Crippen LogP contribution is 2.38. The molecule has 1 atom stereocenters. The Morgan fingerprint density at radius 1 is 1.14 bits per heavy atom.